The largest absolute Gasteiger partial charge is 0.493 e. The molecule has 1 N–H and O–H groups in total. The van der Waals surface area contributed by atoms with Crippen molar-refractivity contribution in [2.45, 2.75) is 26.0 Å². The highest BCUT2D eigenvalue weighted by Gasteiger charge is 2.23. The third kappa shape index (κ3) is 5.40. The summed E-state index contributed by atoms with van der Waals surface area (Å²) in [7, 11) is 0. The number of aryl methyl sites for hydroxylation is 1. The molecule has 1 unspecified atom stereocenters. The predicted octanol–water partition coefficient (Wildman–Crippen LogP) is 3.83. The van der Waals surface area contributed by atoms with Gasteiger partial charge in [-0.1, -0.05) is 35.9 Å². The number of hydrogen-bond donors (Lipinski definition) is 1. The number of rotatable bonds is 7. The maximum atomic E-state index is 12.3. The average Bonchev–Trinajstić information content (AvgIpc) is 3.27. The first kappa shape index (κ1) is 20.9. The number of carbonyl (C=O) groups excluding carboxylic acids is 2. The van der Waals surface area contributed by atoms with Crippen LogP contribution in [-0.2, 0) is 16.1 Å². The lowest BCUT2D eigenvalue weighted by Gasteiger charge is -2.26. The molecule has 1 amide bonds. The molecule has 1 aliphatic heterocycles. The van der Waals surface area contributed by atoms with Crippen molar-refractivity contribution in [3.63, 3.8) is 0 Å². The third-order valence-electron chi connectivity index (χ3n) is 4.77. The van der Waals surface area contributed by atoms with Crippen LogP contribution in [-0.4, -0.2) is 30.1 Å². The van der Waals surface area contributed by atoms with Crippen LogP contribution >= 0.6 is 11.3 Å². The minimum atomic E-state index is -0.639. The van der Waals surface area contributed by atoms with Crippen LogP contribution < -0.4 is 14.8 Å². The molecule has 1 atom stereocenters. The number of carbonyl (C=O) groups is 2. The van der Waals surface area contributed by atoms with Gasteiger partial charge in [0.1, 0.15) is 23.1 Å². The molecule has 2 aromatic carbocycles. The normalized spacial score (nSPS) is 14.8. The Balaban J connectivity index is 1.25. The van der Waals surface area contributed by atoms with Gasteiger partial charge in [0.15, 0.2) is 12.3 Å². The molecule has 0 aliphatic carbocycles. The summed E-state index contributed by atoms with van der Waals surface area (Å²) in [5, 5.41) is 5.14. The molecule has 0 spiro atoms. The number of nitrogens with one attached hydrogen (secondary N) is 1. The summed E-state index contributed by atoms with van der Waals surface area (Å²) in [4.78, 5) is 28.8. The first-order valence-electron chi connectivity index (χ1n) is 9.90. The van der Waals surface area contributed by atoms with Gasteiger partial charge in [0, 0.05) is 17.4 Å². The summed E-state index contributed by atoms with van der Waals surface area (Å²) >= 11 is 1.30. The maximum absolute atomic E-state index is 12.3. The molecule has 7 nitrogen and oxygen atoms in total. The van der Waals surface area contributed by atoms with Gasteiger partial charge in [0.05, 0.1) is 12.6 Å². The van der Waals surface area contributed by atoms with Crippen LogP contribution in [0.25, 0.3) is 0 Å². The molecule has 0 fully saturated rings. The molecule has 0 bridgehead atoms. The molecule has 3 aromatic rings. The number of para-hydroxylation sites is 1. The van der Waals surface area contributed by atoms with Gasteiger partial charge in [-0.15, -0.1) is 11.3 Å². The van der Waals surface area contributed by atoms with Gasteiger partial charge >= 0.3 is 5.97 Å². The Kier molecular flexibility index (Phi) is 6.47. The SMILES string of the molecule is Cc1ccc(OCc2nc(C(=O)OCC(=O)NC3CCOc4ccccc43)cs2)cc1. The molecule has 8 heteroatoms. The first-order chi connectivity index (χ1) is 15.1. The Morgan fingerprint density at radius 1 is 1.19 bits per heavy atom. The highest BCUT2D eigenvalue weighted by atomic mass is 32.1. The number of nitrogens with zero attached hydrogens (tertiary/aromatic N) is 1. The van der Waals surface area contributed by atoms with E-state index < -0.39 is 5.97 Å². The lowest BCUT2D eigenvalue weighted by Crippen LogP contribution is -2.35. The van der Waals surface area contributed by atoms with Gasteiger partial charge in [0.25, 0.3) is 5.91 Å². The number of amides is 1. The molecular formula is C23H22N2O5S. The molecular weight excluding hydrogens is 416 g/mol. The molecule has 0 saturated heterocycles. The second-order valence-corrected chi connectivity index (χ2v) is 8.04. The zero-order valence-corrected chi connectivity index (χ0v) is 17.8. The van der Waals surface area contributed by atoms with Crippen molar-refractivity contribution in [1.82, 2.24) is 10.3 Å². The number of ether oxygens (including phenoxy) is 3. The molecule has 1 aromatic heterocycles. The molecule has 4 rings (SSSR count). The topological polar surface area (TPSA) is 86.8 Å². The molecule has 31 heavy (non-hydrogen) atoms. The zero-order valence-electron chi connectivity index (χ0n) is 17.0. The number of thiazole rings is 1. The van der Waals surface area contributed by atoms with Crippen LogP contribution in [0.1, 0.15) is 39.1 Å². The fourth-order valence-electron chi connectivity index (χ4n) is 3.18. The highest BCUT2D eigenvalue weighted by molar-refractivity contribution is 7.09. The van der Waals surface area contributed by atoms with Crippen molar-refractivity contribution in [2.75, 3.05) is 13.2 Å². The van der Waals surface area contributed by atoms with Crippen LogP contribution in [0.3, 0.4) is 0 Å². The highest BCUT2D eigenvalue weighted by Crippen LogP contribution is 2.31. The summed E-state index contributed by atoms with van der Waals surface area (Å²) in [5.41, 5.74) is 2.24. The summed E-state index contributed by atoms with van der Waals surface area (Å²) in [6, 6.07) is 15.1. The molecule has 2 heterocycles. The Labute approximate surface area is 184 Å². The van der Waals surface area contributed by atoms with E-state index >= 15 is 0 Å². The van der Waals surface area contributed by atoms with Crippen molar-refractivity contribution in [2.24, 2.45) is 0 Å². The van der Waals surface area contributed by atoms with Gasteiger partial charge in [0.2, 0.25) is 0 Å². The minimum absolute atomic E-state index is 0.164. The number of esters is 1. The van der Waals surface area contributed by atoms with Gasteiger partial charge in [-0.05, 0) is 25.1 Å². The van der Waals surface area contributed by atoms with E-state index in [1.807, 2.05) is 55.5 Å². The van der Waals surface area contributed by atoms with E-state index in [0.717, 1.165) is 22.6 Å². The summed E-state index contributed by atoms with van der Waals surface area (Å²) in [6.45, 7) is 2.41. The fourth-order valence-corrected chi connectivity index (χ4v) is 3.86. The van der Waals surface area contributed by atoms with Crippen molar-refractivity contribution in [1.29, 1.82) is 0 Å². The second-order valence-electron chi connectivity index (χ2n) is 7.10. The molecule has 0 radical (unpaired) electrons. The maximum Gasteiger partial charge on any atom is 0.358 e. The van der Waals surface area contributed by atoms with E-state index in [9.17, 15) is 9.59 Å². The Morgan fingerprint density at radius 2 is 2.00 bits per heavy atom. The predicted molar refractivity (Wildman–Crippen MR) is 115 cm³/mol. The summed E-state index contributed by atoms with van der Waals surface area (Å²) < 4.78 is 16.4. The smallest absolute Gasteiger partial charge is 0.358 e. The molecule has 0 saturated carbocycles. The number of fused-ring (bicyclic) bond motifs is 1. The van der Waals surface area contributed by atoms with Gasteiger partial charge in [-0.3, -0.25) is 4.79 Å². The van der Waals surface area contributed by atoms with Crippen LogP contribution in [0.15, 0.2) is 53.9 Å². The zero-order chi connectivity index (χ0) is 21.6. The summed E-state index contributed by atoms with van der Waals surface area (Å²) in [6.07, 6.45) is 0.660. The Morgan fingerprint density at radius 3 is 2.84 bits per heavy atom. The Hall–Kier alpha value is -3.39. The average molecular weight is 439 g/mol. The Bertz CT molecular complexity index is 1060. The van der Waals surface area contributed by atoms with E-state index in [1.165, 1.54) is 11.3 Å². The second kappa shape index (κ2) is 9.61. The van der Waals surface area contributed by atoms with E-state index in [4.69, 9.17) is 14.2 Å². The lowest BCUT2D eigenvalue weighted by atomic mass is 10.0. The van der Waals surface area contributed by atoms with Crippen LogP contribution in [0.5, 0.6) is 11.5 Å². The summed E-state index contributed by atoms with van der Waals surface area (Å²) in [5.74, 6) is 0.490. The van der Waals surface area contributed by atoms with Gasteiger partial charge in [-0.25, -0.2) is 9.78 Å². The lowest BCUT2D eigenvalue weighted by molar-refractivity contribution is -0.125. The van der Waals surface area contributed by atoms with Crippen LogP contribution in [0.4, 0.5) is 0 Å². The van der Waals surface area contributed by atoms with E-state index in [0.29, 0.717) is 18.0 Å². The first-order valence-corrected chi connectivity index (χ1v) is 10.8. The van der Waals surface area contributed by atoms with Crippen molar-refractivity contribution in [3.8, 4) is 11.5 Å². The number of aromatic nitrogens is 1. The van der Waals surface area contributed by atoms with E-state index in [2.05, 4.69) is 10.3 Å². The quantitative estimate of drug-likeness (QED) is 0.564. The van der Waals surface area contributed by atoms with Gasteiger partial charge in [-0.2, -0.15) is 0 Å². The molecule has 160 valence electrons. The van der Waals surface area contributed by atoms with Crippen molar-refractivity contribution in [3.05, 3.63) is 75.7 Å². The van der Waals surface area contributed by atoms with Crippen molar-refractivity contribution >= 4 is 23.2 Å². The van der Waals surface area contributed by atoms with Gasteiger partial charge < -0.3 is 19.5 Å². The standard InChI is InChI=1S/C23H22N2O5S/c1-15-6-8-16(9-7-15)29-13-22-25-19(14-31-22)23(27)30-12-21(26)24-18-10-11-28-20-5-3-2-4-17(18)20/h2-9,14,18H,10-13H2,1H3,(H,24,26). The number of benzene rings is 2. The van der Waals surface area contributed by atoms with Crippen LogP contribution in [0, 0.1) is 6.92 Å². The van der Waals surface area contributed by atoms with E-state index in [1.54, 1.807) is 5.38 Å². The number of hydrogen-bond acceptors (Lipinski definition) is 7. The third-order valence-corrected chi connectivity index (χ3v) is 5.59. The van der Waals surface area contributed by atoms with Crippen molar-refractivity contribution < 1.29 is 23.8 Å². The molecule has 1 aliphatic rings. The monoisotopic (exact) mass is 438 g/mol. The van der Waals surface area contributed by atoms with Crippen LogP contribution in [0.2, 0.25) is 0 Å². The van der Waals surface area contributed by atoms with E-state index in [-0.39, 0.29) is 30.9 Å². The fraction of sp³-hybridized carbons (Fsp3) is 0.261. The minimum Gasteiger partial charge on any atom is -0.493 e.